The van der Waals surface area contributed by atoms with Crippen molar-refractivity contribution in [3.63, 3.8) is 0 Å². The molecule has 0 heterocycles. The summed E-state index contributed by atoms with van der Waals surface area (Å²) < 4.78 is 4.85. The first-order chi connectivity index (χ1) is 8.21. The van der Waals surface area contributed by atoms with E-state index >= 15 is 0 Å². The molecule has 1 atom stereocenters. The van der Waals surface area contributed by atoms with Gasteiger partial charge in [0.1, 0.15) is 0 Å². The number of nitrogens with one attached hydrogen (secondary N) is 1. The van der Waals surface area contributed by atoms with E-state index in [2.05, 4.69) is 5.32 Å². The minimum absolute atomic E-state index is 0.185. The number of carbonyl (C=O) groups excluding carboxylic acids is 1. The molecule has 2 N–H and O–H groups in total. The lowest BCUT2D eigenvalue weighted by Gasteiger charge is -2.15. The first kappa shape index (κ1) is 13.2. The van der Waals surface area contributed by atoms with Crippen LogP contribution < -0.4 is 5.32 Å². The standard InChI is InChI=1S/C12H14N2O3/c1-17-8-11(7-15)14-12(16)10-4-2-9(6-13)3-5-10/h2-5,11,15H,7-8H2,1H3,(H,14,16). The van der Waals surface area contributed by atoms with Crippen LogP contribution in [-0.4, -0.2) is 37.4 Å². The number of aliphatic hydroxyl groups is 1. The lowest BCUT2D eigenvalue weighted by molar-refractivity contribution is 0.0839. The summed E-state index contributed by atoms with van der Waals surface area (Å²) in [6.45, 7) is 0.0639. The molecule has 0 fully saturated rings. The van der Waals surface area contributed by atoms with Crippen LogP contribution in [0.3, 0.4) is 0 Å². The zero-order valence-electron chi connectivity index (χ0n) is 9.51. The third-order valence-corrected chi connectivity index (χ3v) is 2.20. The molecular formula is C12H14N2O3. The number of amides is 1. The van der Waals surface area contributed by atoms with Gasteiger partial charge in [0.25, 0.3) is 5.91 Å². The molecule has 1 rings (SSSR count). The fourth-order valence-corrected chi connectivity index (χ4v) is 1.31. The molecule has 17 heavy (non-hydrogen) atoms. The number of nitrogens with zero attached hydrogens (tertiary/aromatic N) is 1. The number of nitriles is 1. The third kappa shape index (κ3) is 3.87. The summed E-state index contributed by atoms with van der Waals surface area (Å²) in [5.41, 5.74) is 0.940. The number of rotatable bonds is 5. The number of hydrogen-bond acceptors (Lipinski definition) is 4. The Bertz CT molecular complexity index is 409. The normalized spacial score (nSPS) is 11.6. The van der Waals surface area contributed by atoms with Crippen molar-refractivity contribution in [2.45, 2.75) is 6.04 Å². The molecule has 1 aromatic rings. The van der Waals surface area contributed by atoms with E-state index in [1.165, 1.54) is 7.11 Å². The molecule has 5 heteroatoms. The zero-order chi connectivity index (χ0) is 12.7. The lowest BCUT2D eigenvalue weighted by Crippen LogP contribution is -2.40. The van der Waals surface area contributed by atoms with Crippen LogP contribution in [0.5, 0.6) is 0 Å². The number of carbonyl (C=O) groups is 1. The Labute approximate surface area is 99.6 Å². The van der Waals surface area contributed by atoms with Crippen LogP contribution in [0.2, 0.25) is 0 Å². The van der Waals surface area contributed by atoms with Gasteiger partial charge in [0.05, 0.1) is 30.9 Å². The van der Waals surface area contributed by atoms with Crippen LogP contribution in [0.1, 0.15) is 15.9 Å². The summed E-state index contributed by atoms with van der Waals surface area (Å²) in [5.74, 6) is -0.300. The molecule has 1 aromatic carbocycles. The van der Waals surface area contributed by atoms with Crippen LogP contribution >= 0.6 is 0 Å². The summed E-state index contributed by atoms with van der Waals surface area (Å²) in [7, 11) is 1.50. The number of ether oxygens (including phenoxy) is 1. The van der Waals surface area contributed by atoms with Gasteiger partial charge in [-0.15, -0.1) is 0 Å². The average molecular weight is 234 g/mol. The summed E-state index contributed by atoms with van der Waals surface area (Å²) >= 11 is 0. The van der Waals surface area contributed by atoms with Gasteiger partial charge in [-0.25, -0.2) is 0 Å². The summed E-state index contributed by atoms with van der Waals surface area (Å²) in [4.78, 5) is 11.7. The topological polar surface area (TPSA) is 82.3 Å². The van der Waals surface area contributed by atoms with E-state index in [1.807, 2.05) is 6.07 Å². The van der Waals surface area contributed by atoms with Gasteiger partial charge in [-0.05, 0) is 24.3 Å². The van der Waals surface area contributed by atoms with E-state index in [9.17, 15) is 4.79 Å². The highest BCUT2D eigenvalue weighted by Crippen LogP contribution is 2.03. The highest BCUT2D eigenvalue weighted by molar-refractivity contribution is 5.94. The summed E-state index contributed by atoms with van der Waals surface area (Å²) in [5, 5.41) is 20.2. The van der Waals surface area contributed by atoms with Crippen molar-refractivity contribution >= 4 is 5.91 Å². The Balaban J connectivity index is 2.66. The van der Waals surface area contributed by atoms with Gasteiger partial charge in [-0.1, -0.05) is 0 Å². The molecule has 0 aromatic heterocycles. The number of methoxy groups -OCH3 is 1. The monoisotopic (exact) mass is 234 g/mol. The molecule has 0 aliphatic heterocycles. The second-order valence-corrected chi connectivity index (χ2v) is 3.50. The van der Waals surface area contributed by atoms with E-state index in [4.69, 9.17) is 15.1 Å². The van der Waals surface area contributed by atoms with Crippen molar-refractivity contribution in [1.82, 2.24) is 5.32 Å². The van der Waals surface area contributed by atoms with Gasteiger partial charge in [0.2, 0.25) is 0 Å². The van der Waals surface area contributed by atoms with E-state index in [1.54, 1.807) is 24.3 Å². The van der Waals surface area contributed by atoms with Gasteiger partial charge in [0, 0.05) is 12.7 Å². The fraction of sp³-hybridized carbons (Fsp3) is 0.333. The average Bonchev–Trinajstić information content (AvgIpc) is 2.38. The molecule has 0 bridgehead atoms. The van der Waals surface area contributed by atoms with E-state index < -0.39 is 6.04 Å². The largest absolute Gasteiger partial charge is 0.394 e. The maximum atomic E-state index is 11.7. The third-order valence-electron chi connectivity index (χ3n) is 2.20. The van der Waals surface area contributed by atoms with Gasteiger partial charge < -0.3 is 15.2 Å². The highest BCUT2D eigenvalue weighted by Gasteiger charge is 2.12. The van der Waals surface area contributed by atoms with E-state index in [-0.39, 0.29) is 19.1 Å². The van der Waals surface area contributed by atoms with Crippen molar-refractivity contribution in [3.8, 4) is 6.07 Å². The smallest absolute Gasteiger partial charge is 0.251 e. The Morgan fingerprint density at radius 2 is 2.18 bits per heavy atom. The summed E-state index contributed by atoms with van der Waals surface area (Å²) in [6.07, 6.45) is 0. The number of benzene rings is 1. The second kappa shape index (κ2) is 6.63. The molecule has 0 radical (unpaired) electrons. The van der Waals surface area contributed by atoms with Crippen molar-refractivity contribution in [2.75, 3.05) is 20.3 Å². The Morgan fingerprint density at radius 3 is 2.65 bits per heavy atom. The molecule has 5 nitrogen and oxygen atoms in total. The SMILES string of the molecule is COCC(CO)NC(=O)c1ccc(C#N)cc1. The fourth-order valence-electron chi connectivity index (χ4n) is 1.31. The molecule has 1 unspecified atom stereocenters. The van der Waals surface area contributed by atoms with Gasteiger partial charge in [-0.2, -0.15) is 5.26 Å². The summed E-state index contributed by atoms with van der Waals surface area (Å²) in [6, 6.07) is 7.81. The predicted octanol–water partition coefficient (Wildman–Crippen LogP) is 0.295. The lowest BCUT2D eigenvalue weighted by atomic mass is 10.1. The van der Waals surface area contributed by atoms with Gasteiger partial charge >= 0.3 is 0 Å². The molecule has 0 saturated heterocycles. The van der Waals surface area contributed by atoms with Crippen molar-refractivity contribution < 1.29 is 14.6 Å². The van der Waals surface area contributed by atoms with Crippen LogP contribution in [0, 0.1) is 11.3 Å². The van der Waals surface area contributed by atoms with Crippen LogP contribution in [0.4, 0.5) is 0 Å². The molecule has 1 amide bonds. The van der Waals surface area contributed by atoms with Crippen LogP contribution in [0.25, 0.3) is 0 Å². The first-order valence-corrected chi connectivity index (χ1v) is 5.12. The maximum absolute atomic E-state index is 11.7. The van der Waals surface area contributed by atoms with Crippen molar-refractivity contribution in [2.24, 2.45) is 0 Å². The van der Waals surface area contributed by atoms with Crippen LogP contribution in [-0.2, 0) is 4.74 Å². The van der Waals surface area contributed by atoms with Gasteiger partial charge in [-0.3, -0.25) is 4.79 Å². The quantitative estimate of drug-likeness (QED) is 0.767. The minimum Gasteiger partial charge on any atom is -0.394 e. The zero-order valence-corrected chi connectivity index (χ0v) is 9.51. The number of hydrogen-bond donors (Lipinski definition) is 2. The second-order valence-electron chi connectivity index (χ2n) is 3.50. The molecule has 0 aliphatic rings. The Kier molecular flexibility index (Phi) is 5.14. The van der Waals surface area contributed by atoms with E-state index in [0.29, 0.717) is 11.1 Å². The van der Waals surface area contributed by atoms with Gasteiger partial charge in [0.15, 0.2) is 0 Å². The number of aliphatic hydroxyl groups excluding tert-OH is 1. The molecule has 0 saturated carbocycles. The maximum Gasteiger partial charge on any atom is 0.251 e. The predicted molar refractivity (Wildman–Crippen MR) is 61.4 cm³/mol. The van der Waals surface area contributed by atoms with E-state index in [0.717, 1.165) is 0 Å². The minimum atomic E-state index is -0.428. The van der Waals surface area contributed by atoms with Crippen molar-refractivity contribution in [3.05, 3.63) is 35.4 Å². The van der Waals surface area contributed by atoms with Crippen LogP contribution in [0.15, 0.2) is 24.3 Å². The molecule has 90 valence electrons. The van der Waals surface area contributed by atoms with Crippen molar-refractivity contribution in [1.29, 1.82) is 5.26 Å². The highest BCUT2D eigenvalue weighted by atomic mass is 16.5. The Morgan fingerprint density at radius 1 is 1.53 bits per heavy atom. The Hall–Kier alpha value is -1.90. The first-order valence-electron chi connectivity index (χ1n) is 5.12. The molecular weight excluding hydrogens is 220 g/mol. The molecule has 0 aliphatic carbocycles. The molecule has 0 spiro atoms.